The maximum absolute atomic E-state index is 9.41. The molecule has 1 aromatic carbocycles. The highest BCUT2D eigenvalue weighted by molar-refractivity contribution is 6.30. The fourth-order valence-corrected chi connectivity index (χ4v) is 2.52. The predicted molar refractivity (Wildman–Crippen MR) is 101 cm³/mol. The second kappa shape index (κ2) is 11.8. The van der Waals surface area contributed by atoms with Gasteiger partial charge in [-0.2, -0.15) is 0 Å². The van der Waals surface area contributed by atoms with Gasteiger partial charge in [-0.3, -0.25) is 10.00 Å². The van der Waals surface area contributed by atoms with E-state index in [9.17, 15) is 19.8 Å². The number of carboxylic acids is 2. The molecule has 1 saturated heterocycles. The summed E-state index contributed by atoms with van der Waals surface area (Å²) in [5, 5.41) is 26.7. The van der Waals surface area contributed by atoms with E-state index < -0.39 is 11.9 Å². The molecule has 156 valence electrons. The fourth-order valence-electron chi connectivity index (χ4n) is 2.39. The Labute approximate surface area is 172 Å². The maximum atomic E-state index is 9.41. The Hall–Kier alpha value is -2.88. The molecule has 2 aromatic rings. The van der Waals surface area contributed by atoms with Gasteiger partial charge in [0.15, 0.2) is 0 Å². The predicted octanol–water partition coefficient (Wildman–Crippen LogP) is -0.516. The Balaban J connectivity index is 0.000000321. The van der Waals surface area contributed by atoms with Gasteiger partial charge in [0.25, 0.3) is 0 Å². The average molecular weight is 422 g/mol. The number of H-pyrrole nitrogens is 1. The van der Waals surface area contributed by atoms with Gasteiger partial charge in [-0.25, -0.2) is 0 Å². The lowest BCUT2D eigenvalue weighted by Gasteiger charge is -2.26. The van der Waals surface area contributed by atoms with Crippen molar-refractivity contribution >= 4 is 23.5 Å². The fraction of sp³-hybridized carbons (Fsp3) is 0.316. The molecule has 0 saturated carbocycles. The highest BCUT2D eigenvalue weighted by Gasteiger charge is 2.10. The molecule has 0 amide bonds. The number of carbonyl (C=O) groups is 2. The average Bonchev–Trinajstić information content (AvgIpc) is 3.17. The Morgan fingerprint density at radius 1 is 1.17 bits per heavy atom. The van der Waals surface area contributed by atoms with Crippen LogP contribution in [0.3, 0.4) is 0 Å². The third-order valence-corrected chi connectivity index (χ3v) is 4.08. The largest absolute Gasteiger partial charge is 0.545 e. The molecule has 1 N–H and O–H groups in total. The number of nitrogens with one attached hydrogen (secondary N) is 1. The van der Waals surface area contributed by atoms with Crippen LogP contribution in [0.1, 0.15) is 0 Å². The van der Waals surface area contributed by atoms with Crippen molar-refractivity contribution in [1.29, 1.82) is 0 Å². The first-order valence-corrected chi connectivity index (χ1v) is 9.16. The summed E-state index contributed by atoms with van der Waals surface area (Å²) in [6.07, 6.45) is 0.769. The normalized spacial score (nSPS) is 14.2. The third kappa shape index (κ3) is 8.77. The number of aromatic nitrogens is 2. The lowest BCUT2D eigenvalue weighted by atomic mass is 10.2. The number of benzene rings is 1. The second-order valence-corrected chi connectivity index (χ2v) is 6.34. The summed E-state index contributed by atoms with van der Waals surface area (Å²) < 4.78 is 11.0. The van der Waals surface area contributed by atoms with Crippen LogP contribution in [0.4, 0.5) is 0 Å². The Kier molecular flexibility index (Phi) is 9.16. The Morgan fingerprint density at radius 3 is 2.38 bits per heavy atom. The molecule has 3 rings (SSSR count). The van der Waals surface area contributed by atoms with E-state index in [1.807, 2.05) is 30.3 Å². The van der Waals surface area contributed by atoms with Crippen LogP contribution in [0, 0.1) is 0 Å². The number of ether oxygens (including phenoxy) is 2. The first-order valence-electron chi connectivity index (χ1n) is 8.78. The van der Waals surface area contributed by atoms with Crippen molar-refractivity contribution in [3.63, 3.8) is 0 Å². The molecule has 29 heavy (non-hydrogen) atoms. The molecular formula is C19H20ClN3O6-2. The number of nitrogens with zero attached hydrogens (tertiary/aromatic N) is 2. The van der Waals surface area contributed by atoms with Crippen LogP contribution < -0.4 is 14.9 Å². The lowest BCUT2D eigenvalue weighted by Crippen LogP contribution is -2.38. The zero-order valence-corrected chi connectivity index (χ0v) is 16.3. The quantitative estimate of drug-likeness (QED) is 0.591. The monoisotopic (exact) mass is 421 g/mol. The van der Waals surface area contributed by atoms with E-state index in [1.165, 1.54) is 0 Å². The number of halogens is 1. The second-order valence-electron chi connectivity index (χ2n) is 5.90. The van der Waals surface area contributed by atoms with Crippen LogP contribution in [-0.4, -0.2) is 66.5 Å². The van der Waals surface area contributed by atoms with Gasteiger partial charge in [-0.1, -0.05) is 23.7 Å². The molecular weight excluding hydrogens is 402 g/mol. The van der Waals surface area contributed by atoms with Crippen LogP contribution in [0.2, 0.25) is 5.02 Å². The number of carbonyl (C=O) groups excluding carboxylic acids is 2. The van der Waals surface area contributed by atoms with E-state index in [0.29, 0.717) is 24.6 Å². The van der Waals surface area contributed by atoms with Crippen LogP contribution >= 0.6 is 11.6 Å². The third-order valence-electron chi connectivity index (χ3n) is 3.83. The van der Waals surface area contributed by atoms with Gasteiger partial charge in [-0.15, -0.1) is 5.10 Å². The minimum absolute atomic E-state index is 0.384. The molecule has 1 fully saturated rings. The van der Waals surface area contributed by atoms with E-state index >= 15 is 0 Å². The van der Waals surface area contributed by atoms with Gasteiger partial charge in [-0.05, 0) is 29.8 Å². The van der Waals surface area contributed by atoms with Crippen molar-refractivity contribution in [2.24, 2.45) is 0 Å². The van der Waals surface area contributed by atoms with Crippen molar-refractivity contribution < 1.29 is 29.3 Å². The summed E-state index contributed by atoms with van der Waals surface area (Å²) in [6.45, 7) is 5.09. The lowest BCUT2D eigenvalue weighted by molar-refractivity contribution is -0.301. The van der Waals surface area contributed by atoms with Crippen LogP contribution in [0.15, 0.2) is 42.5 Å². The number of rotatable bonds is 7. The molecule has 0 radical (unpaired) electrons. The van der Waals surface area contributed by atoms with Crippen molar-refractivity contribution in [3.05, 3.63) is 47.5 Å². The first kappa shape index (κ1) is 22.4. The van der Waals surface area contributed by atoms with Crippen molar-refractivity contribution in [1.82, 2.24) is 15.1 Å². The SMILES string of the molecule is Clc1ccc(-c2cc(OCCN3CCOCC3)n[nH]2)cc1.O=C([O-])/C=C\C(=O)[O-]. The topological polar surface area (TPSA) is 131 Å². The summed E-state index contributed by atoms with van der Waals surface area (Å²) in [7, 11) is 0. The van der Waals surface area contributed by atoms with Crippen LogP contribution in [0.5, 0.6) is 5.88 Å². The smallest absolute Gasteiger partial charge is 0.233 e. The van der Waals surface area contributed by atoms with E-state index in [0.717, 1.165) is 49.1 Å². The van der Waals surface area contributed by atoms with E-state index in [1.54, 1.807) is 0 Å². The molecule has 1 aliphatic heterocycles. The zero-order chi connectivity index (χ0) is 21.1. The molecule has 0 bridgehead atoms. The summed E-state index contributed by atoms with van der Waals surface area (Å²) in [6, 6.07) is 9.52. The number of hydrogen-bond acceptors (Lipinski definition) is 8. The zero-order valence-electron chi connectivity index (χ0n) is 15.5. The summed E-state index contributed by atoms with van der Waals surface area (Å²) in [5.41, 5.74) is 1.96. The summed E-state index contributed by atoms with van der Waals surface area (Å²) in [5.74, 6) is -2.48. The highest BCUT2D eigenvalue weighted by Crippen LogP contribution is 2.22. The molecule has 1 aromatic heterocycles. The molecule has 0 spiro atoms. The number of hydrogen-bond donors (Lipinski definition) is 1. The molecule has 2 heterocycles. The molecule has 9 nitrogen and oxygen atoms in total. The van der Waals surface area contributed by atoms with Gasteiger partial charge in [0, 0.05) is 30.7 Å². The molecule has 0 unspecified atom stereocenters. The van der Waals surface area contributed by atoms with Gasteiger partial charge in [0.2, 0.25) is 5.88 Å². The maximum Gasteiger partial charge on any atom is 0.233 e. The van der Waals surface area contributed by atoms with Crippen molar-refractivity contribution in [2.45, 2.75) is 0 Å². The Morgan fingerprint density at radius 2 is 1.79 bits per heavy atom. The minimum Gasteiger partial charge on any atom is -0.545 e. The first-order chi connectivity index (χ1) is 13.9. The number of aliphatic carboxylic acids is 2. The van der Waals surface area contributed by atoms with Crippen LogP contribution in [0.25, 0.3) is 11.3 Å². The van der Waals surface area contributed by atoms with Gasteiger partial charge >= 0.3 is 0 Å². The van der Waals surface area contributed by atoms with Gasteiger partial charge < -0.3 is 29.3 Å². The Bertz CT molecular complexity index is 800. The van der Waals surface area contributed by atoms with Crippen molar-refractivity contribution in [2.75, 3.05) is 39.5 Å². The molecule has 0 aliphatic carbocycles. The van der Waals surface area contributed by atoms with Crippen molar-refractivity contribution in [3.8, 4) is 17.1 Å². The van der Waals surface area contributed by atoms with E-state index in [-0.39, 0.29) is 0 Å². The number of carboxylic acid groups (broad SMARTS) is 2. The number of aromatic amines is 1. The van der Waals surface area contributed by atoms with E-state index in [2.05, 4.69) is 15.1 Å². The van der Waals surface area contributed by atoms with Crippen LogP contribution in [-0.2, 0) is 14.3 Å². The minimum atomic E-state index is -1.55. The summed E-state index contributed by atoms with van der Waals surface area (Å²) in [4.78, 5) is 21.2. The standard InChI is InChI=1S/C15H18ClN3O2.C4H4O4/c16-13-3-1-12(2-4-13)14-11-15(18-17-14)21-10-7-19-5-8-20-9-6-19;5-3(6)1-2-4(7)8/h1-4,11H,5-10H2,(H,17,18);1-2H,(H,5,6)(H,7,8)/p-2/b;2-1-. The van der Waals surface area contributed by atoms with Gasteiger partial charge in [0.05, 0.1) is 30.8 Å². The molecule has 1 aliphatic rings. The number of morpholine rings is 1. The highest BCUT2D eigenvalue weighted by atomic mass is 35.5. The molecule has 10 heteroatoms. The molecule has 0 atom stereocenters. The van der Waals surface area contributed by atoms with Gasteiger partial charge in [0.1, 0.15) is 6.61 Å². The van der Waals surface area contributed by atoms with E-state index in [4.69, 9.17) is 21.1 Å². The summed E-state index contributed by atoms with van der Waals surface area (Å²) >= 11 is 5.88.